The zero-order chi connectivity index (χ0) is 17.9. The van der Waals surface area contributed by atoms with Gasteiger partial charge in [-0.1, -0.05) is 12.1 Å². The molecule has 1 aromatic rings. The van der Waals surface area contributed by atoms with Crippen molar-refractivity contribution >= 4 is 21.6 Å². The Hall–Kier alpha value is -1.11. The van der Waals surface area contributed by atoms with Crippen LogP contribution in [0, 0.1) is 11.3 Å². The largest absolute Gasteiger partial charge is 0.299 e. The van der Waals surface area contributed by atoms with Crippen molar-refractivity contribution in [3.05, 3.63) is 29.8 Å². The molecule has 0 aromatic heterocycles. The van der Waals surface area contributed by atoms with Crippen molar-refractivity contribution in [2.24, 2.45) is 0 Å². The average molecular weight is 381 g/mol. The molecule has 0 aliphatic carbocycles. The summed E-state index contributed by atoms with van der Waals surface area (Å²) in [5.74, 6) is 1.22. The summed E-state index contributed by atoms with van der Waals surface area (Å²) >= 11 is 1.99. The molecule has 2 heterocycles. The summed E-state index contributed by atoms with van der Waals surface area (Å²) in [7, 11) is -3.19. The molecular formula is C17H24N4O2S2. The van der Waals surface area contributed by atoms with Crippen molar-refractivity contribution in [2.75, 3.05) is 25.1 Å². The van der Waals surface area contributed by atoms with Crippen LogP contribution >= 0.6 is 11.8 Å². The molecule has 2 aliphatic rings. The van der Waals surface area contributed by atoms with E-state index in [4.69, 9.17) is 0 Å². The molecule has 3 rings (SSSR count). The average Bonchev–Trinajstić information content (AvgIpc) is 3.12. The molecule has 2 saturated heterocycles. The molecule has 3 N–H and O–H groups in total. The zero-order valence-corrected chi connectivity index (χ0v) is 15.9. The van der Waals surface area contributed by atoms with E-state index in [1.54, 1.807) is 12.1 Å². The minimum atomic E-state index is -3.19. The van der Waals surface area contributed by atoms with Gasteiger partial charge in [-0.15, -0.1) is 0 Å². The molecule has 8 heteroatoms. The van der Waals surface area contributed by atoms with Gasteiger partial charge in [-0.2, -0.15) is 17.0 Å². The lowest BCUT2D eigenvalue weighted by Gasteiger charge is -2.36. The summed E-state index contributed by atoms with van der Waals surface area (Å²) in [4.78, 5) is 0.322. The minimum Gasteiger partial charge on any atom is -0.299 e. The Morgan fingerprint density at radius 2 is 2.12 bits per heavy atom. The molecule has 25 heavy (non-hydrogen) atoms. The van der Waals surface area contributed by atoms with Crippen LogP contribution in [-0.2, 0) is 9.84 Å². The van der Waals surface area contributed by atoms with E-state index in [0.717, 1.165) is 12.1 Å². The van der Waals surface area contributed by atoms with E-state index in [1.165, 1.54) is 24.9 Å². The van der Waals surface area contributed by atoms with Crippen molar-refractivity contribution in [2.45, 2.75) is 41.2 Å². The van der Waals surface area contributed by atoms with Gasteiger partial charge >= 0.3 is 0 Å². The van der Waals surface area contributed by atoms with E-state index in [0.29, 0.717) is 16.7 Å². The second-order valence-electron chi connectivity index (χ2n) is 6.60. The summed E-state index contributed by atoms with van der Waals surface area (Å²) in [6.07, 6.45) is 3.58. The van der Waals surface area contributed by atoms with Crippen molar-refractivity contribution < 1.29 is 8.42 Å². The summed E-state index contributed by atoms with van der Waals surface area (Å²) in [5.41, 5.74) is 1.01. The smallest absolute Gasteiger partial charge is 0.175 e. The monoisotopic (exact) mass is 380 g/mol. The Kier molecular flexibility index (Phi) is 6.02. The molecule has 2 aliphatic heterocycles. The van der Waals surface area contributed by atoms with Crippen LogP contribution in [0.5, 0.6) is 0 Å². The number of hydrogen-bond donors (Lipinski definition) is 3. The second kappa shape index (κ2) is 8.06. The minimum absolute atomic E-state index is 0.0342. The quantitative estimate of drug-likeness (QED) is 0.702. The van der Waals surface area contributed by atoms with Gasteiger partial charge in [0.15, 0.2) is 9.84 Å². The third-order valence-corrected chi connectivity index (χ3v) is 7.22. The number of piperazine rings is 1. The highest BCUT2D eigenvalue weighted by Crippen LogP contribution is 2.25. The van der Waals surface area contributed by atoms with Gasteiger partial charge in [-0.3, -0.25) is 16.0 Å². The summed E-state index contributed by atoms with van der Waals surface area (Å²) in [5, 5.41) is 20.3. The van der Waals surface area contributed by atoms with Gasteiger partial charge in [0.25, 0.3) is 0 Å². The molecule has 1 aromatic carbocycles. The van der Waals surface area contributed by atoms with E-state index in [2.05, 4.69) is 22.0 Å². The van der Waals surface area contributed by atoms with E-state index in [1.807, 2.05) is 23.9 Å². The standard InChI is InChI=1S/C17H24N4O2S2/c1-25(22,23)14-6-4-12(5-7-14)16-11-19-15(9-18)17(21-16)20-10-13-3-2-8-24-13/h4-7,13,15-17,19-21H,2-3,8,10-11H2,1H3. The predicted molar refractivity (Wildman–Crippen MR) is 100 cm³/mol. The van der Waals surface area contributed by atoms with Gasteiger partial charge < -0.3 is 0 Å². The van der Waals surface area contributed by atoms with Gasteiger partial charge in [0.1, 0.15) is 6.04 Å². The maximum Gasteiger partial charge on any atom is 0.175 e. The number of nitriles is 1. The van der Waals surface area contributed by atoms with Crippen molar-refractivity contribution in [3.63, 3.8) is 0 Å². The Morgan fingerprint density at radius 3 is 2.72 bits per heavy atom. The Bertz CT molecular complexity index is 724. The predicted octanol–water partition coefficient (Wildman–Crippen LogP) is 1.03. The van der Waals surface area contributed by atoms with Gasteiger partial charge in [-0.25, -0.2) is 8.42 Å². The molecular weight excluding hydrogens is 356 g/mol. The lowest BCUT2D eigenvalue weighted by atomic mass is 10.0. The van der Waals surface area contributed by atoms with E-state index >= 15 is 0 Å². The summed E-state index contributed by atoms with van der Waals surface area (Å²) < 4.78 is 23.2. The molecule has 2 fully saturated rings. The fourth-order valence-corrected chi connectivity index (χ4v) is 5.10. The van der Waals surface area contributed by atoms with E-state index in [9.17, 15) is 13.7 Å². The van der Waals surface area contributed by atoms with Crippen LogP contribution in [0.3, 0.4) is 0 Å². The second-order valence-corrected chi connectivity index (χ2v) is 10.0. The van der Waals surface area contributed by atoms with Crippen LogP contribution in [0.15, 0.2) is 29.2 Å². The molecule has 4 unspecified atom stereocenters. The molecule has 0 amide bonds. The molecule has 136 valence electrons. The number of nitrogens with zero attached hydrogens (tertiary/aromatic N) is 1. The third-order valence-electron chi connectivity index (χ3n) is 4.70. The van der Waals surface area contributed by atoms with Crippen molar-refractivity contribution in [1.82, 2.24) is 16.0 Å². The number of sulfone groups is 1. The highest BCUT2D eigenvalue weighted by Gasteiger charge is 2.30. The van der Waals surface area contributed by atoms with Gasteiger partial charge in [-0.05, 0) is 36.3 Å². The third kappa shape index (κ3) is 4.74. The summed E-state index contributed by atoms with van der Waals surface area (Å²) in [6.45, 7) is 1.52. The van der Waals surface area contributed by atoms with Crippen LogP contribution < -0.4 is 16.0 Å². The number of rotatable bonds is 5. The maximum absolute atomic E-state index is 11.6. The maximum atomic E-state index is 11.6. The highest BCUT2D eigenvalue weighted by molar-refractivity contribution is 8.00. The van der Waals surface area contributed by atoms with Crippen LogP contribution in [-0.4, -0.2) is 51.0 Å². The number of thioether (sulfide) groups is 1. The van der Waals surface area contributed by atoms with Crippen LogP contribution in [0.1, 0.15) is 24.4 Å². The lowest BCUT2D eigenvalue weighted by Crippen LogP contribution is -2.63. The first-order chi connectivity index (χ1) is 12.0. The first-order valence-electron chi connectivity index (χ1n) is 8.51. The van der Waals surface area contributed by atoms with E-state index < -0.39 is 9.84 Å². The van der Waals surface area contributed by atoms with Crippen LogP contribution in [0.2, 0.25) is 0 Å². The van der Waals surface area contributed by atoms with Crippen molar-refractivity contribution in [3.8, 4) is 6.07 Å². The normalized spacial score (nSPS) is 30.1. The topological polar surface area (TPSA) is 94.0 Å². The fraction of sp³-hybridized carbons (Fsp3) is 0.588. The van der Waals surface area contributed by atoms with Gasteiger partial charge in [0.2, 0.25) is 0 Å². The first kappa shape index (κ1) is 18.7. The van der Waals surface area contributed by atoms with Crippen molar-refractivity contribution in [1.29, 1.82) is 5.26 Å². The van der Waals surface area contributed by atoms with Crippen LogP contribution in [0.25, 0.3) is 0 Å². The Labute approximate surface area is 153 Å². The Balaban J connectivity index is 1.65. The molecule has 0 radical (unpaired) electrons. The number of benzene rings is 1. The molecule has 0 saturated carbocycles. The van der Waals surface area contributed by atoms with Gasteiger partial charge in [0.05, 0.1) is 17.1 Å². The van der Waals surface area contributed by atoms with E-state index in [-0.39, 0.29) is 18.2 Å². The molecule has 0 spiro atoms. The first-order valence-corrected chi connectivity index (χ1v) is 11.5. The molecule has 6 nitrogen and oxygen atoms in total. The Morgan fingerprint density at radius 1 is 1.36 bits per heavy atom. The number of nitrogens with one attached hydrogen (secondary N) is 3. The van der Waals surface area contributed by atoms with Crippen LogP contribution in [0.4, 0.5) is 0 Å². The lowest BCUT2D eigenvalue weighted by molar-refractivity contribution is 0.266. The fourth-order valence-electron chi connectivity index (χ4n) is 3.26. The van der Waals surface area contributed by atoms with Gasteiger partial charge in [0, 0.05) is 30.6 Å². The number of hydrogen-bond acceptors (Lipinski definition) is 7. The summed E-state index contributed by atoms with van der Waals surface area (Å²) in [6, 6.07) is 9.02. The highest BCUT2D eigenvalue weighted by atomic mass is 32.2. The SMILES string of the molecule is CS(=O)(=O)c1ccc(C2CNC(C#N)C(NCC3CCCS3)N2)cc1. The molecule has 0 bridgehead atoms. The molecule has 4 atom stereocenters. The zero-order valence-electron chi connectivity index (χ0n) is 14.2.